The Morgan fingerprint density at radius 3 is 2.29 bits per heavy atom. The number of rotatable bonds is 2. The first-order chi connectivity index (χ1) is 9.93. The molecule has 21 heavy (non-hydrogen) atoms. The molecule has 0 bridgehead atoms. The van der Waals surface area contributed by atoms with E-state index in [0.29, 0.717) is 11.7 Å². The Labute approximate surface area is 123 Å². The minimum atomic E-state index is -4.41. The SMILES string of the molecule is CN(c1ccc(C(F)(F)F)cc1C#N)C1CCCCCC1. The van der Waals surface area contributed by atoms with Crippen LogP contribution in [-0.4, -0.2) is 13.1 Å². The fourth-order valence-corrected chi connectivity index (χ4v) is 2.95. The lowest BCUT2D eigenvalue weighted by Crippen LogP contribution is -2.31. The van der Waals surface area contributed by atoms with Gasteiger partial charge in [-0.15, -0.1) is 0 Å². The van der Waals surface area contributed by atoms with Crippen LogP contribution in [0.15, 0.2) is 18.2 Å². The molecule has 1 aromatic rings. The predicted octanol–water partition coefficient (Wildman–Crippen LogP) is 4.74. The van der Waals surface area contributed by atoms with Crippen LogP contribution in [0.2, 0.25) is 0 Å². The largest absolute Gasteiger partial charge is 0.416 e. The van der Waals surface area contributed by atoms with Crippen molar-refractivity contribution in [1.29, 1.82) is 5.26 Å². The lowest BCUT2D eigenvalue weighted by Gasteiger charge is -2.30. The number of alkyl halides is 3. The van der Waals surface area contributed by atoms with E-state index in [4.69, 9.17) is 5.26 Å². The second-order valence-electron chi connectivity index (χ2n) is 5.60. The number of hydrogen-bond donors (Lipinski definition) is 0. The molecule has 0 saturated heterocycles. The van der Waals surface area contributed by atoms with Gasteiger partial charge in [0.1, 0.15) is 6.07 Å². The monoisotopic (exact) mass is 296 g/mol. The Hall–Kier alpha value is -1.70. The molecule has 0 radical (unpaired) electrons. The molecular formula is C16H19F3N2. The third-order valence-electron chi connectivity index (χ3n) is 4.20. The summed E-state index contributed by atoms with van der Waals surface area (Å²) in [6.45, 7) is 0. The maximum Gasteiger partial charge on any atom is 0.416 e. The van der Waals surface area contributed by atoms with Gasteiger partial charge in [-0.25, -0.2) is 0 Å². The first-order valence-corrected chi connectivity index (χ1v) is 7.27. The van der Waals surface area contributed by atoms with E-state index < -0.39 is 11.7 Å². The van der Waals surface area contributed by atoms with Crippen molar-refractivity contribution < 1.29 is 13.2 Å². The van der Waals surface area contributed by atoms with Crippen molar-refractivity contribution in [2.75, 3.05) is 11.9 Å². The zero-order chi connectivity index (χ0) is 15.5. The van der Waals surface area contributed by atoms with Gasteiger partial charge in [-0.2, -0.15) is 18.4 Å². The Morgan fingerprint density at radius 2 is 1.76 bits per heavy atom. The highest BCUT2D eigenvalue weighted by Crippen LogP contribution is 2.34. The topological polar surface area (TPSA) is 27.0 Å². The molecule has 114 valence electrons. The quantitative estimate of drug-likeness (QED) is 0.737. The Balaban J connectivity index is 2.28. The zero-order valence-electron chi connectivity index (χ0n) is 12.1. The van der Waals surface area contributed by atoms with Crippen molar-refractivity contribution in [2.24, 2.45) is 0 Å². The summed E-state index contributed by atoms with van der Waals surface area (Å²) in [5.74, 6) is 0. The fraction of sp³-hybridized carbons (Fsp3) is 0.562. The number of anilines is 1. The summed E-state index contributed by atoms with van der Waals surface area (Å²) in [6.07, 6.45) is 2.34. The normalized spacial score (nSPS) is 17.1. The van der Waals surface area contributed by atoms with Crippen molar-refractivity contribution in [3.63, 3.8) is 0 Å². The summed E-state index contributed by atoms with van der Waals surface area (Å²) in [5.41, 5.74) is -0.0777. The second kappa shape index (κ2) is 6.38. The van der Waals surface area contributed by atoms with E-state index >= 15 is 0 Å². The van der Waals surface area contributed by atoms with Gasteiger partial charge < -0.3 is 4.90 Å². The number of halogens is 3. The highest BCUT2D eigenvalue weighted by Gasteiger charge is 2.31. The molecule has 1 aromatic carbocycles. The summed E-state index contributed by atoms with van der Waals surface area (Å²) < 4.78 is 38.2. The average molecular weight is 296 g/mol. The molecule has 0 N–H and O–H groups in total. The van der Waals surface area contributed by atoms with Crippen molar-refractivity contribution in [3.8, 4) is 6.07 Å². The minimum Gasteiger partial charge on any atom is -0.371 e. The van der Waals surface area contributed by atoms with Crippen molar-refractivity contribution in [1.82, 2.24) is 0 Å². The number of nitriles is 1. The van der Waals surface area contributed by atoms with Crippen LogP contribution in [0.3, 0.4) is 0 Å². The van der Waals surface area contributed by atoms with Gasteiger partial charge in [0.15, 0.2) is 0 Å². The van der Waals surface area contributed by atoms with Gasteiger partial charge in [-0.05, 0) is 31.0 Å². The fourth-order valence-electron chi connectivity index (χ4n) is 2.95. The second-order valence-corrected chi connectivity index (χ2v) is 5.60. The van der Waals surface area contributed by atoms with Gasteiger partial charge >= 0.3 is 6.18 Å². The zero-order valence-corrected chi connectivity index (χ0v) is 12.1. The van der Waals surface area contributed by atoms with E-state index in [9.17, 15) is 13.2 Å². The maximum absolute atomic E-state index is 12.7. The van der Waals surface area contributed by atoms with Crippen LogP contribution in [-0.2, 0) is 6.18 Å². The van der Waals surface area contributed by atoms with Gasteiger partial charge in [-0.3, -0.25) is 0 Å². The summed E-state index contributed by atoms with van der Waals surface area (Å²) in [6, 6.07) is 5.63. The average Bonchev–Trinajstić information content (AvgIpc) is 2.74. The number of benzene rings is 1. The van der Waals surface area contributed by atoms with E-state index in [1.807, 2.05) is 18.0 Å². The van der Waals surface area contributed by atoms with E-state index in [1.165, 1.54) is 18.9 Å². The summed E-state index contributed by atoms with van der Waals surface area (Å²) in [5, 5.41) is 9.17. The lowest BCUT2D eigenvalue weighted by molar-refractivity contribution is -0.137. The summed E-state index contributed by atoms with van der Waals surface area (Å²) >= 11 is 0. The van der Waals surface area contributed by atoms with Crippen LogP contribution >= 0.6 is 0 Å². The Morgan fingerprint density at radius 1 is 1.14 bits per heavy atom. The van der Waals surface area contributed by atoms with Crippen molar-refractivity contribution in [3.05, 3.63) is 29.3 Å². The number of nitrogens with zero attached hydrogens (tertiary/aromatic N) is 2. The van der Waals surface area contributed by atoms with Crippen LogP contribution in [0.4, 0.5) is 18.9 Å². The van der Waals surface area contributed by atoms with Gasteiger partial charge in [0.25, 0.3) is 0 Å². The molecule has 1 fully saturated rings. The smallest absolute Gasteiger partial charge is 0.371 e. The predicted molar refractivity (Wildman–Crippen MR) is 76.1 cm³/mol. The van der Waals surface area contributed by atoms with Gasteiger partial charge in [0.05, 0.1) is 16.8 Å². The first kappa shape index (κ1) is 15.7. The van der Waals surface area contributed by atoms with E-state index in [-0.39, 0.29) is 5.56 Å². The van der Waals surface area contributed by atoms with Gasteiger partial charge in [-0.1, -0.05) is 25.7 Å². The standard InChI is InChI=1S/C16H19F3N2/c1-21(14-6-4-2-3-5-7-14)15-9-8-13(16(17,18)19)10-12(15)11-20/h8-10,14H,2-7H2,1H3. The summed E-state index contributed by atoms with van der Waals surface area (Å²) in [4.78, 5) is 1.98. The van der Waals surface area contributed by atoms with Gasteiger partial charge in [0, 0.05) is 13.1 Å². The van der Waals surface area contributed by atoms with E-state index in [1.54, 1.807) is 0 Å². The molecule has 2 rings (SSSR count). The molecule has 5 heteroatoms. The highest BCUT2D eigenvalue weighted by molar-refractivity contribution is 5.61. The first-order valence-electron chi connectivity index (χ1n) is 7.27. The van der Waals surface area contributed by atoms with Crippen LogP contribution < -0.4 is 4.90 Å². The lowest BCUT2D eigenvalue weighted by atomic mass is 10.0. The molecule has 1 saturated carbocycles. The van der Waals surface area contributed by atoms with Crippen molar-refractivity contribution in [2.45, 2.75) is 50.7 Å². The Kier molecular flexibility index (Phi) is 4.76. The third-order valence-corrected chi connectivity index (χ3v) is 4.20. The maximum atomic E-state index is 12.7. The molecule has 2 nitrogen and oxygen atoms in total. The molecular weight excluding hydrogens is 277 g/mol. The number of hydrogen-bond acceptors (Lipinski definition) is 2. The third kappa shape index (κ3) is 3.69. The molecule has 0 atom stereocenters. The van der Waals surface area contributed by atoms with E-state index in [2.05, 4.69) is 0 Å². The van der Waals surface area contributed by atoms with Crippen LogP contribution in [0, 0.1) is 11.3 Å². The molecule has 1 aliphatic carbocycles. The van der Waals surface area contributed by atoms with Crippen LogP contribution in [0.25, 0.3) is 0 Å². The molecule has 0 aromatic heterocycles. The Bertz CT molecular complexity index is 523. The van der Waals surface area contributed by atoms with E-state index in [0.717, 1.165) is 37.8 Å². The molecule has 0 amide bonds. The van der Waals surface area contributed by atoms with Crippen LogP contribution in [0.1, 0.15) is 49.7 Å². The molecule has 0 unspecified atom stereocenters. The molecule has 0 spiro atoms. The van der Waals surface area contributed by atoms with Crippen molar-refractivity contribution >= 4 is 5.69 Å². The molecule has 1 aliphatic rings. The summed E-state index contributed by atoms with van der Waals surface area (Å²) in [7, 11) is 1.87. The van der Waals surface area contributed by atoms with Gasteiger partial charge in [0.2, 0.25) is 0 Å². The highest BCUT2D eigenvalue weighted by atomic mass is 19.4. The molecule has 0 heterocycles. The molecule has 0 aliphatic heterocycles. The minimum absolute atomic E-state index is 0.0940. The van der Waals surface area contributed by atoms with Crippen LogP contribution in [0.5, 0.6) is 0 Å².